The third-order valence-electron chi connectivity index (χ3n) is 2.30. The maximum Gasteiger partial charge on any atom is 0.182 e. The highest BCUT2D eigenvalue weighted by Crippen LogP contribution is 2.19. The van der Waals surface area contributed by atoms with E-state index in [4.69, 9.17) is 0 Å². The molecular weight excluding hydrogens is 267 g/mol. The van der Waals surface area contributed by atoms with Gasteiger partial charge in [-0.15, -0.1) is 23.1 Å². The van der Waals surface area contributed by atoms with E-state index in [1.165, 1.54) is 17.0 Å². The van der Waals surface area contributed by atoms with Gasteiger partial charge in [-0.25, -0.2) is 9.37 Å². The van der Waals surface area contributed by atoms with E-state index in [2.05, 4.69) is 10.3 Å². The zero-order chi connectivity index (χ0) is 12.8. The standard InChI is InChI=1S/C13H15FN2S2/c1-10-9-16-13(18-10)15-7-2-8-17-12-5-3-11(14)4-6-12/h3-6,9H,2,7-8H2,1H3,(H,15,16). The van der Waals surface area contributed by atoms with Crippen LogP contribution < -0.4 is 5.32 Å². The molecule has 0 saturated carbocycles. The van der Waals surface area contributed by atoms with Crippen molar-refractivity contribution in [3.05, 3.63) is 41.2 Å². The Kier molecular flexibility index (Phi) is 5.01. The maximum absolute atomic E-state index is 12.7. The van der Waals surface area contributed by atoms with Gasteiger partial charge in [-0.1, -0.05) is 0 Å². The van der Waals surface area contributed by atoms with Gasteiger partial charge in [0.05, 0.1) is 0 Å². The van der Waals surface area contributed by atoms with E-state index < -0.39 is 0 Å². The SMILES string of the molecule is Cc1cnc(NCCCSc2ccc(F)cc2)s1. The van der Waals surface area contributed by atoms with E-state index in [9.17, 15) is 4.39 Å². The van der Waals surface area contributed by atoms with Crippen molar-refractivity contribution in [1.29, 1.82) is 0 Å². The van der Waals surface area contributed by atoms with Crippen LogP contribution in [-0.2, 0) is 0 Å². The van der Waals surface area contributed by atoms with Crippen LogP contribution in [0.25, 0.3) is 0 Å². The van der Waals surface area contributed by atoms with Crippen molar-refractivity contribution in [2.75, 3.05) is 17.6 Å². The molecule has 18 heavy (non-hydrogen) atoms. The fourth-order valence-corrected chi connectivity index (χ4v) is 2.97. The Bertz CT molecular complexity index is 482. The molecule has 2 nitrogen and oxygen atoms in total. The van der Waals surface area contributed by atoms with Gasteiger partial charge in [-0.3, -0.25) is 0 Å². The lowest BCUT2D eigenvalue weighted by atomic mass is 10.4. The van der Waals surface area contributed by atoms with Crippen LogP contribution in [-0.4, -0.2) is 17.3 Å². The smallest absolute Gasteiger partial charge is 0.182 e. The number of halogens is 1. The summed E-state index contributed by atoms with van der Waals surface area (Å²) in [7, 11) is 0. The molecular formula is C13H15FN2S2. The number of nitrogens with one attached hydrogen (secondary N) is 1. The second-order valence-electron chi connectivity index (χ2n) is 3.86. The summed E-state index contributed by atoms with van der Waals surface area (Å²) in [6, 6.07) is 6.63. The van der Waals surface area contributed by atoms with Crippen LogP contribution in [0.2, 0.25) is 0 Å². The van der Waals surface area contributed by atoms with Crippen molar-refractivity contribution in [3.63, 3.8) is 0 Å². The average molecular weight is 282 g/mol. The lowest BCUT2D eigenvalue weighted by molar-refractivity contribution is 0.626. The largest absolute Gasteiger partial charge is 0.361 e. The number of hydrogen-bond donors (Lipinski definition) is 1. The van der Waals surface area contributed by atoms with E-state index in [1.54, 1.807) is 23.1 Å². The molecule has 5 heteroatoms. The van der Waals surface area contributed by atoms with E-state index in [0.29, 0.717) is 0 Å². The van der Waals surface area contributed by atoms with Gasteiger partial charge in [-0.2, -0.15) is 0 Å². The zero-order valence-corrected chi connectivity index (χ0v) is 11.8. The molecule has 96 valence electrons. The van der Waals surface area contributed by atoms with Gasteiger partial charge in [-0.05, 0) is 43.4 Å². The summed E-state index contributed by atoms with van der Waals surface area (Å²) >= 11 is 3.42. The van der Waals surface area contributed by atoms with Crippen LogP contribution in [0, 0.1) is 12.7 Å². The van der Waals surface area contributed by atoms with E-state index in [-0.39, 0.29) is 5.82 Å². The third kappa shape index (κ3) is 4.31. The molecule has 0 aliphatic rings. The van der Waals surface area contributed by atoms with E-state index in [0.717, 1.165) is 28.7 Å². The molecule has 1 N–H and O–H groups in total. The topological polar surface area (TPSA) is 24.9 Å². The van der Waals surface area contributed by atoms with Crippen LogP contribution in [0.3, 0.4) is 0 Å². The highest BCUT2D eigenvalue weighted by atomic mass is 32.2. The van der Waals surface area contributed by atoms with Gasteiger partial charge < -0.3 is 5.32 Å². The number of thiazole rings is 1. The van der Waals surface area contributed by atoms with Crippen molar-refractivity contribution in [1.82, 2.24) is 4.98 Å². The number of hydrogen-bond acceptors (Lipinski definition) is 4. The average Bonchev–Trinajstić information content (AvgIpc) is 2.77. The van der Waals surface area contributed by atoms with Crippen LogP contribution in [0.5, 0.6) is 0 Å². The Labute approximate surface area is 115 Å². The second kappa shape index (κ2) is 6.75. The first-order valence-corrected chi connectivity index (χ1v) is 7.59. The minimum absolute atomic E-state index is 0.180. The highest BCUT2D eigenvalue weighted by molar-refractivity contribution is 7.99. The predicted octanol–water partition coefficient (Wildman–Crippen LogP) is 4.18. The Balaban J connectivity index is 1.63. The minimum Gasteiger partial charge on any atom is -0.361 e. The number of benzene rings is 1. The summed E-state index contributed by atoms with van der Waals surface area (Å²) in [5.74, 6) is 0.836. The number of aromatic nitrogens is 1. The normalized spacial score (nSPS) is 10.6. The number of nitrogens with zero attached hydrogens (tertiary/aromatic N) is 1. The van der Waals surface area contributed by atoms with Crippen LogP contribution >= 0.6 is 23.1 Å². The van der Waals surface area contributed by atoms with Gasteiger partial charge in [0.25, 0.3) is 0 Å². The van der Waals surface area contributed by atoms with E-state index >= 15 is 0 Å². The molecule has 0 spiro atoms. The highest BCUT2D eigenvalue weighted by Gasteiger charge is 1.98. The summed E-state index contributed by atoms with van der Waals surface area (Å²) in [5, 5.41) is 4.28. The predicted molar refractivity (Wildman–Crippen MR) is 77.1 cm³/mol. The van der Waals surface area contributed by atoms with Crippen molar-refractivity contribution >= 4 is 28.2 Å². The molecule has 2 rings (SSSR count). The molecule has 1 aromatic heterocycles. The fourth-order valence-electron chi connectivity index (χ4n) is 1.42. The molecule has 0 fully saturated rings. The summed E-state index contributed by atoms with van der Waals surface area (Å²) in [6.07, 6.45) is 2.93. The van der Waals surface area contributed by atoms with Gasteiger partial charge in [0.15, 0.2) is 5.13 Å². The van der Waals surface area contributed by atoms with Gasteiger partial charge in [0.1, 0.15) is 5.82 Å². The van der Waals surface area contributed by atoms with Crippen LogP contribution in [0.1, 0.15) is 11.3 Å². The monoisotopic (exact) mass is 282 g/mol. The molecule has 1 aromatic carbocycles. The van der Waals surface area contributed by atoms with Crippen molar-refractivity contribution in [2.24, 2.45) is 0 Å². The minimum atomic E-state index is -0.180. The maximum atomic E-state index is 12.7. The number of anilines is 1. The van der Waals surface area contributed by atoms with Crippen molar-refractivity contribution < 1.29 is 4.39 Å². The van der Waals surface area contributed by atoms with E-state index in [1.807, 2.05) is 25.3 Å². The Morgan fingerprint density at radius 1 is 1.33 bits per heavy atom. The fraction of sp³-hybridized carbons (Fsp3) is 0.308. The Morgan fingerprint density at radius 3 is 2.78 bits per heavy atom. The first-order valence-electron chi connectivity index (χ1n) is 5.79. The summed E-state index contributed by atoms with van der Waals surface area (Å²) in [6.45, 7) is 2.97. The lowest BCUT2D eigenvalue weighted by Gasteiger charge is -2.03. The number of aryl methyl sites for hydroxylation is 1. The molecule has 1 heterocycles. The van der Waals surface area contributed by atoms with Gasteiger partial charge in [0, 0.05) is 22.5 Å². The van der Waals surface area contributed by atoms with Crippen molar-refractivity contribution in [3.8, 4) is 0 Å². The quantitative estimate of drug-likeness (QED) is 0.635. The molecule has 0 atom stereocenters. The molecule has 0 unspecified atom stereocenters. The molecule has 0 amide bonds. The first kappa shape index (κ1) is 13.4. The molecule has 2 aromatic rings. The summed E-state index contributed by atoms with van der Waals surface area (Å²) in [4.78, 5) is 6.57. The Hall–Kier alpha value is -1.07. The number of rotatable bonds is 6. The molecule has 0 radical (unpaired) electrons. The lowest BCUT2D eigenvalue weighted by Crippen LogP contribution is -2.01. The zero-order valence-electron chi connectivity index (χ0n) is 10.1. The van der Waals surface area contributed by atoms with Gasteiger partial charge >= 0.3 is 0 Å². The second-order valence-corrected chi connectivity index (χ2v) is 6.26. The van der Waals surface area contributed by atoms with Gasteiger partial charge in [0.2, 0.25) is 0 Å². The molecule has 0 aliphatic carbocycles. The van der Waals surface area contributed by atoms with Crippen LogP contribution in [0.4, 0.5) is 9.52 Å². The summed E-state index contributed by atoms with van der Waals surface area (Å²) < 4.78 is 12.7. The molecule has 0 bridgehead atoms. The molecule has 0 aliphatic heterocycles. The Morgan fingerprint density at radius 2 is 2.11 bits per heavy atom. The summed E-state index contributed by atoms with van der Waals surface area (Å²) in [5.41, 5.74) is 0. The van der Waals surface area contributed by atoms with Crippen molar-refractivity contribution in [2.45, 2.75) is 18.2 Å². The molecule has 0 saturated heterocycles. The number of thioether (sulfide) groups is 1. The first-order chi connectivity index (χ1) is 8.74. The third-order valence-corrected chi connectivity index (χ3v) is 4.27. The van der Waals surface area contributed by atoms with Crippen LogP contribution in [0.15, 0.2) is 35.4 Å².